The predicted molar refractivity (Wildman–Crippen MR) is 87.3 cm³/mol. The normalized spacial score (nSPS) is 11.7. The molecule has 0 aliphatic carbocycles. The third-order valence-corrected chi connectivity index (χ3v) is 4.91. The highest BCUT2D eigenvalue weighted by atomic mass is 79.9. The molecule has 2 aromatic carbocycles. The summed E-state index contributed by atoms with van der Waals surface area (Å²) >= 11 is 15.6. The molecule has 0 saturated carbocycles. The van der Waals surface area contributed by atoms with Gasteiger partial charge in [0.2, 0.25) is 0 Å². The van der Waals surface area contributed by atoms with E-state index >= 15 is 0 Å². The molecule has 112 valence electrons. The van der Waals surface area contributed by atoms with Gasteiger partial charge in [-0.3, -0.25) is 0 Å². The monoisotopic (exact) mass is 392 g/mol. The molecular weight excluding hydrogens is 381 g/mol. The van der Waals surface area contributed by atoms with E-state index in [0.29, 0.717) is 10.9 Å². The van der Waals surface area contributed by atoms with Crippen LogP contribution in [-0.4, -0.2) is 11.8 Å². The summed E-state index contributed by atoms with van der Waals surface area (Å²) < 4.78 is 27.3. The van der Waals surface area contributed by atoms with Gasteiger partial charge < -0.3 is 0 Å². The first-order valence-electron chi connectivity index (χ1n) is 6.32. The van der Waals surface area contributed by atoms with Gasteiger partial charge in [0.05, 0.1) is 0 Å². The van der Waals surface area contributed by atoms with Gasteiger partial charge in [0, 0.05) is 21.6 Å². The lowest BCUT2D eigenvalue weighted by Gasteiger charge is -2.30. The number of halogens is 5. The van der Waals surface area contributed by atoms with Crippen LogP contribution in [0.25, 0.3) is 0 Å². The summed E-state index contributed by atoms with van der Waals surface area (Å²) in [4.78, 5) is 0. The second-order valence-corrected chi connectivity index (χ2v) is 6.46. The molecule has 0 nitrogen and oxygen atoms in total. The van der Waals surface area contributed by atoms with Gasteiger partial charge in [0.25, 0.3) is 0 Å². The highest BCUT2D eigenvalue weighted by Crippen LogP contribution is 2.32. The maximum Gasteiger partial charge on any atom is 0.124 e. The fourth-order valence-corrected chi connectivity index (χ4v) is 3.59. The van der Waals surface area contributed by atoms with E-state index in [-0.39, 0.29) is 23.4 Å². The average molecular weight is 394 g/mol. The molecule has 0 aliphatic heterocycles. The summed E-state index contributed by atoms with van der Waals surface area (Å²) in [7, 11) is 0. The van der Waals surface area contributed by atoms with Crippen molar-refractivity contribution in [1.29, 1.82) is 0 Å². The maximum absolute atomic E-state index is 13.5. The molecule has 0 saturated heterocycles. The summed E-state index contributed by atoms with van der Waals surface area (Å²) in [6.07, 6.45) is 0.474. The van der Waals surface area contributed by atoms with E-state index in [4.69, 9.17) is 23.2 Å². The van der Waals surface area contributed by atoms with Crippen LogP contribution in [0.3, 0.4) is 0 Å². The SMILES string of the molecule is Fc1ccc(C(CCl)(CCl)Cc2cc(F)cc(Br)c2)cc1. The van der Waals surface area contributed by atoms with Crippen molar-refractivity contribution >= 4 is 39.1 Å². The number of hydrogen-bond acceptors (Lipinski definition) is 0. The molecule has 0 atom stereocenters. The van der Waals surface area contributed by atoms with Crippen LogP contribution in [-0.2, 0) is 11.8 Å². The Bertz CT molecular complexity index is 590. The van der Waals surface area contributed by atoms with E-state index in [9.17, 15) is 8.78 Å². The van der Waals surface area contributed by atoms with Gasteiger partial charge in [-0.2, -0.15) is 0 Å². The predicted octanol–water partition coefficient (Wildman–Crippen LogP) is 5.69. The molecule has 2 rings (SSSR count). The largest absolute Gasteiger partial charge is 0.207 e. The smallest absolute Gasteiger partial charge is 0.124 e. The zero-order valence-electron chi connectivity index (χ0n) is 11.1. The first-order valence-corrected chi connectivity index (χ1v) is 8.18. The summed E-state index contributed by atoms with van der Waals surface area (Å²) in [5.74, 6) is -0.117. The lowest BCUT2D eigenvalue weighted by atomic mass is 9.78. The summed E-state index contributed by atoms with van der Waals surface area (Å²) in [6, 6.07) is 10.8. The summed E-state index contributed by atoms with van der Waals surface area (Å²) in [5, 5.41) is 0. The molecule has 0 fully saturated rings. The van der Waals surface area contributed by atoms with Gasteiger partial charge in [-0.1, -0.05) is 28.1 Å². The molecule has 0 unspecified atom stereocenters. The zero-order chi connectivity index (χ0) is 15.5. The number of alkyl halides is 2. The van der Waals surface area contributed by atoms with E-state index in [0.717, 1.165) is 11.1 Å². The van der Waals surface area contributed by atoms with Crippen molar-refractivity contribution in [2.75, 3.05) is 11.8 Å². The number of rotatable bonds is 5. The molecule has 5 heteroatoms. The van der Waals surface area contributed by atoms with Gasteiger partial charge >= 0.3 is 0 Å². The van der Waals surface area contributed by atoms with E-state index in [1.165, 1.54) is 24.3 Å². The molecule has 0 aliphatic rings. The Kier molecular flexibility index (Phi) is 5.64. The summed E-state index contributed by atoms with van der Waals surface area (Å²) in [5.41, 5.74) is 1.06. The fourth-order valence-electron chi connectivity index (χ4n) is 2.29. The van der Waals surface area contributed by atoms with Gasteiger partial charge in [-0.25, -0.2) is 8.78 Å². The molecular formula is C16H13BrCl2F2. The molecule has 21 heavy (non-hydrogen) atoms. The fraction of sp³-hybridized carbons (Fsp3) is 0.250. The van der Waals surface area contributed by atoms with Crippen molar-refractivity contribution in [1.82, 2.24) is 0 Å². The number of hydrogen-bond donors (Lipinski definition) is 0. The quantitative estimate of drug-likeness (QED) is 0.572. The molecule has 0 aromatic heterocycles. The van der Waals surface area contributed by atoms with Crippen LogP contribution in [0.1, 0.15) is 11.1 Å². The molecule has 0 radical (unpaired) electrons. The van der Waals surface area contributed by atoms with Gasteiger partial charge in [-0.05, 0) is 47.9 Å². The van der Waals surface area contributed by atoms with Crippen LogP contribution in [0.5, 0.6) is 0 Å². The van der Waals surface area contributed by atoms with E-state index in [2.05, 4.69) is 15.9 Å². The van der Waals surface area contributed by atoms with Crippen molar-refractivity contribution in [3.63, 3.8) is 0 Å². The maximum atomic E-state index is 13.5. The van der Waals surface area contributed by atoms with Gasteiger partial charge in [-0.15, -0.1) is 23.2 Å². The Morgan fingerprint density at radius 2 is 1.52 bits per heavy atom. The minimum Gasteiger partial charge on any atom is -0.207 e. The van der Waals surface area contributed by atoms with Crippen molar-refractivity contribution in [2.45, 2.75) is 11.8 Å². The van der Waals surface area contributed by atoms with Crippen LogP contribution in [0.15, 0.2) is 46.9 Å². The molecule has 0 amide bonds. The minimum atomic E-state index is -0.565. The Morgan fingerprint density at radius 3 is 2.05 bits per heavy atom. The lowest BCUT2D eigenvalue weighted by Crippen LogP contribution is -2.33. The average Bonchev–Trinajstić information content (AvgIpc) is 2.45. The van der Waals surface area contributed by atoms with Crippen LogP contribution < -0.4 is 0 Å². The third-order valence-electron chi connectivity index (χ3n) is 3.43. The highest BCUT2D eigenvalue weighted by Gasteiger charge is 2.31. The van der Waals surface area contributed by atoms with Crippen molar-refractivity contribution < 1.29 is 8.78 Å². The van der Waals surface area contributed by atoms with Crippen LogP contribution in [0, 0.1) is 11.6 Å². The zero-order valence-corrected chi connectivity index (χ0v) is 14.2. The first-order chi connectivity index (χ1) is 9.99. The molecule has 0 heterocycles. The standard InChI is InChI=1S/C16H13BrCl2F2/c17-13-5-11(6-15(21)7-13)8-16(9-18,10-19)12-1-3-14(20)4-2-12/h1-7H,8-10H2. The van der Waals surface area contributed by atoms with Crippen LogP contribution >= 0.6 is 39.1 Å². The molecule has 0 spiro atoms. The topological polar surface area (TPSA) is 0 Å². The van der Waals surface area contributed by atoms with Crippen molar-refractivity contribution in [3.05, 3.63) is 69.7 Å². The molecule has 0 N–H and O–H groups in total. The Morgan fingerprint density at radius 1 is 0.905 bits per heavy atom. The first kappa shape index (κ1) is 16.7. The van der Waals surface area contributed by atoms with E-state index in [1.807, 2.05) is 6.07 Å². The second-order valence-electron chi connectivity index (χ2n) is 5.01. The molecule has 2 aromatic rings. The van der Waals surface area contributed by atoms with Gasteiger partial charge in [0.15, 0.2) is 0 Å². The van der Waals surface area contributed by atoms with Crippen molar-refractivity contribution in [2.24, 2.45) is 0 Å². The minimum absolute atomic E-state index is 0.260. The van der Waals surface area contributed by atoms with Crippen LogP contribution in [0.2, 0.25) is 0 Å². The molecule has 0 bridgehead atoms. The Labute approximate surface area is 141 Å². The van der Waals surface area contributed by atoms with Crippen molar-refractivity contribution in [3.8, 4) is 0 Å². The Hall–Kier alpha value is -0.640. The van der Waals surface area contributed by atoms with E-state index in [1.54, 1.807) is 12.1 Å². The third kappa shape index (κ3) is 3.97. The van der Waals surface area contributed by atoms with Crippen LogP contribution in [0.4, 0.5) is 8.78 Å². The number of benzene rings is 2. The highest BCUT2D eigenvalue weighted by molar-refractivity contribution is 9.10. The Balaban J connectivity index is 2.40. The summed E-state index contributed by atoms with van der Waals surface area (Å²) in [6.45, 7) is 0. The second kappa shape index (κ2) is 7.08. The lowest BCUT2D eigenvalue weighted by molar-refractivity contribution is 0.530. The van der Waals surface area contributed by atoms with E-state index < -0.39 is 5.41 Å². The van der Waals surface area contributed by atoms with Gasteiger partial charge in [0.1, 0.15) is 11.6 Å².